The highest BCUT2D eigenvalue weighted by Gasteiger charge is 2.25. The zero-order valence-electron chi connectivity index (χ0n) is 11.3. The van der Waals surface area contributed by atoms with Gasteiger partial charge in [0.1, 0.15) is 11.6 Å². The fourth-order valence-electron chi connectivity index (χ4n) is 2.89. The molecule has 0 amide bonds. The lowest BCUT2D eigenvalue weighted by Crippen LogP contribution is -2.16. The molecule has 1 aromatic heterocycles. The minimum absolute atomic E-state index is 0.216. The molecule has 102 valence electrons. The third-order valence-corrected chi connectivity index (χ3v) is 3.92. The Balaban J connectivity index is 1.83. The largest absolute Gasteiger partial charge is 0.493 e. The molecule has 3 aromatic rings. The Morgan fingerprint density at radius 1 is 1.24 bits per heavy atom. The van der Waals surface area contributed by atoms with Crippen molar-refractivity contribution in [3.8, 4) is 11.8 Å². The van der Waals surface area contributed by atoms with Gasteiger partial charge in [-0.2, -0.15) is 5.26 Å². The molecule has 4 rings (SSSR count). The fourth-order valence-corrected chi connectivity index (χ4v) is 2.89. The van der Waals surface area contributed by atoms with Gasteiger partial charge in [-0.3, -0.25) is 0 Å². The summed E-state index contributed by atoms with van der Waals surface area (Å²) in [6.45, 7) is 0.697. The third-order valence-electron chi connectivity index (χ3n) is 3.92. The lowest BCUT2D eigenvalue weighted by atomic mass is 9.92. The molecule has 0 saturated heterocycles. The van der Waals surface area contributed by atoms with E-state index in [2.05, 4.69) is 17.1 Å². The van der Waals surface area contributed by atoms with Crippen molar-refractivity contribution in [2.24, 2.45) is 0 Å². The minimum Gasteiger partial charge on any atom is -0.493 e. The van der Waals surface area contributed by atoms with E-state index in [4.69, 9.17) is 15.0 Å². The average molecular weight is 275 g/mol. The van der Waals surface area contributed by atoms with Crippen LogP contribution in [-0.2, 0) is 0 Å². The first-order chi connectivity index (χ1) is 10.3. The summed E-state index contributed by atoms with van der Waals surface area (Å²) in [4.78, 5) is 8.05. The van der Waals surface area contributed by atoms with E-state index in [1.165, 1.54) is 5.56 Å². The number of imidazole rings is 1. The number of nitriles is 1. The van der Waals surface area contributed by atoms with Crippen LogP contribution < -0.4 is 4.74 Å². The number of benzene rings is 2. The molecule has 0 saturated carbocycles. The number of nitrogens with zero attached hydrogens (tertiary/aromatic N) is 2. The molecule has 0 fully saturated rings. The van der Waals surface area contributed by atoms with Gasteiger partial charge in [0.15, 0.2) is 0 Å². The second-order valence-electron chi connectivity index (χ2n) is 5.19. The van der Waals surface area contributed by atoms with Crippen molar-refractivity contribution in [2.45, 2.75) is 12.3 Å². The van der Waals surface area contributed by atoms with E-state index in [1.807, 2.05) is 30.3 Å². The normalized spacial score (nSPS) is 17.0. The van der Waals surface area contributed by atoms with Crippen LogP contribution in [0.3, 0.4) is 0 Å². The maximum absolute atomic E-state index is 8.98. The molecular formula is C17H13N3O. The van der Waals surface area contributed by atoms with E-state index in [-0.39, 0.29) is 5.92 Å². The monoisotopic (exact) mass is 275 g/mol. The number of fused-ring (bicyclic) bond motifs is 2. The molecule has 2 aromatic carbocycles. The van der Waals surface area contributed by atoms with Crippen LogP contribution in [0.1, 0.15) is 29.3 Å². The fraction of sp³-hybridized carbons (Fsp3) is 0.176. The average Bonchev–Trinajstić information content (AvgIpc) is 2.97. The van der Waals surface area contributed by atoms with E-state index in [0.29, 0.717) is 12.2 Å². The smallest absolute Gasteiger partial charge is 0.123 e. The van der Waals surface area contributed by atoms with Gasteiger partial charge in [-0.1, -0.05) is 18.2 Å². The van der Waals surface area contributed by atoms with E-state index >= 15 is 0 Å². The van der Waals surface area contributed by atoms with Crippen molar-refractivity contribution in [3.63, 3.8) is 0 Å². The second-order valence-corrected chi connectivity index (χ2v) is 5.19. The highest BCUT2D eigenvalue weighted by molar-refractivity contribution is 5.77. The van der Waals surface area contributed by atoms with Gasteiger partial charge < -0.3 is 9.72 Å². The van der Waals surface area contributed by atoms with Crippen LogP contribution in [0.15, 0.2) is 42.5 Å². The summed E-state index contributed by atoms with van der Waals surface area (Å²) in [6, 6.07) is 15.8. The first-order valence-corrected chi connectivity index (χ1v) is 6.96. The number of rotatable bonds is 1. The zero-order valence-corrected chi connectivity index (χ0v) is 11.3. The molecule has 4 heteroatoms. The van der Waals surface area contributed by atoms with Crippen molar-refractivity contribution in [2.75, 3.05) is 6.61 Å². The maximum Gasteiger partial charge on any atom is 0.123 e. The number of para-hydroxylation sites is 1. The van der Waals surface area contributed by atoms with Gasteiger partial charge >= 0.3 is 0 Å². The molecule has 1 unspecified atom stereocenters. The van der Waals surface area contributed by atoms with Crippen LogP contribution in [0.5, 0.6) is 5.75 Å². The molecule has 0 bridgehead atoms. The molecule has 0 spiro atoms. The van der Waals surface area contributed by atoms with Crippen LogP contribution in [-0.4, -0.2) is 16.6 Å². The molecule has 4 nitrogen and oxygen atoms in total. The quantitative estimate of drug-likeness (QED) is 0.740. The van der Waals surface area contributed by atoms with Crippen LogP contribution in [0.25, 0.3) is 11.0 Å². The molecule has 0 radical (unpaired) electrons. The molecule has 1 atom stereocenters. The Bertz CT molecular complexity index is 860. The van der Waals surface area contributed by atoms with Gasteiger partial charge in [-0.25, -0.2) is 4.98 Å². The van der Waals surface area contributed by atoms with Gasteiger partial charge in [0.25, 0.3) is 0 Å². The van der Waals surface area contributed by atoms with Gasteiger partial charge in [0.2, 0.25) is 0 Å². The van der Waals surface area contributed by atoms with Gasteiger partial charge in [0, 0.05) is 11.5 Å². The Kier molecular flexibility index (Phi) is 2.65. The van der Waals surface area contributed by atoms with E-state index in [1.54, 1.807) is 6.07 Å². The van der Waals surface area contributed by atoms with Crippen molar-refractivity contribution >= 4 is 11.0 Å². The molecule has 1 N–H and O–H groups in total. The standard InChI is InChI=1S/C17H13N3O/c18-10-11-5-6-14-15(9-11)20-17(19-14)13-7-8-21-16-4-2-1-3-12(13)16/h1-6,9,13H,7-8H2,(H,19,20). The van der Waals surface area contributed by atoms with Gasteiger partial charge in [-0.05, 0) is 30.7 Å². The number of ether oxygens (including phenoxy) is 1. The molecule has 21 heavy (non-hydrogen) atoms. The summed E-state index contributed by atoms with van der Waals surface area (Å²) in [7, 11) is 0. The number of aromatic nitrogens is 2. The Hall–Kier alpha value is -2.80. The maximum atomic E-state index is 8.98. The zero-order chi connectivity index (χ0) is 14.2. The highest BCUT2D eigenvalue weighted by atomic mass is 16.5. The summed E-state index contributed by atoms with van der Waals surface area (Å²) < 4.78 is 5.70. The summed E-state index contributed by atoms with van der Waals surface area (Å²) in [6.07, 6.45) is 0.905. The Morgan fingerprint density at radius 3 is 3.05 bits per heavy atom. The van der Waals surface area contributed by atoms with Crippen molar-refractivity contribution in [3.05, 3.63) is 59.4 Å². The number of hydrogen-bond acceptors (Lipinski definition) is 3. The molecule has 1 aliphatic rings. The molecular weight excluding hydrogens is 262 g/mol. The van der Waals surface area contributed by atoms with Gasteiger partial charge in [0.05, 0.1) is 29.3 Å². The van der Waals surface area contributed by atoms with Crippen molar-refractivity contribution in [1.82, 2.24) is 9.97 Å². The predicted molar refractivity (Wildman–Crippen MR) is 79.2 cm³/mol. The summed E-state index contributed by atoms with van der Waals surface area (Å²) in [5, 5.41) is 8.98. The first-order valence-electron chi connectivity index (χ1n) is 6.96. The Labute approximate surface area is 122 Å². The SMILES string of the molecule is N#Cc1ccc2nc(C3CCOc4ccccc43)[nH]c2c1. The summed E-state index contributed by atoms with van der Waals surface area (Å²) in [5.74, 6) is 2.09. The van der Waals surface area contributed by atoms with Crippen LogP contribution >= 0.6 is 0 Å². The van der Waals surface area contributed by atoms with Crippen LogP contribution in [0.2, 0.25) is 0 Å². The summed E-state index contributed by atoms with van der Waals surface area (Å²) in [5.41, 5.74) is 3.62. The summed E-state index contributed by atoms with van der Waals surface area (Å²) >= 11 is 0. The third kappa shape index (κ3) is 1.95. The number of H-pyrrole nitrogens is 1. The van der Waals surface area contributed by atoms with Crippen LogP contribution in [0.4, 0.5) is 0 Å². The van der Waals surface area contributed by atoms with Gasteiger partial charge in [-0.15, -0.1) is 0 Å². The van der Waals surface area contributed by atoms with Crippen molar-refractivity contribution < 1.29 is 4.74 Å². The van der Waals surface area contributed by atoms with Crippen molar-refractivity contribution in [1.29, 1.82) is 5.26 Å². The molecule has 2 heterocycles. The Morgan fingerprint density at radius 2 is 2.14 bits per heavy atom. The molecule has 0 aliphatic carbocycles. The number of aromatic amines is 1. The van der Waals surface area contributed by atoms with E-state index < -0.39 is 0 Å². The number of hydrogen-bond donors (Lipinski definition) is 1. The number of nitrogens with one attached hydrogen (secondary N) is 1. The lowest BCUT2D eigenvalue weighted by Gasteiger charge is -2.24. The predicted octanol–water partition coefficient (Wildman–Crippen LogP) is 3.35. The minimum atomic E-state index is 0.216. The molecule has 1 aliphatic heterocycles. The van der Waals surface area contributed by atoms with E-state index in [0.717, 1.165) is 29.0 Å². The topological polar surface area (TPSA) is 61.7 Å². The second kappa shape index (κ2) is 4.64. The van der Waals surface area contributed by atoms with Crippen LogP contribution in [0, 0.1) is 11.3 Å². The lowest BCUT2D eigenvalue weighted by molar-refractivity contribution is 0.275. The highest BCUT2D eigenvalue weighted by Crippen LogP contribution is 2.37. The van der Waals surface area contributed by atoms with E-state index in [9.17, 15) is 0 Å². The first kappa shape index (κ1) is 12.0.